The van der Waals surface area contributed by atoms with Gasteiger partial charge in [-0.1, -0.05) is 24.3 Å². The minimum Gasteiger partial charge on any atom is -0.356 e. The van der Waals surface area contributed by atoms with Crippen LogP contribution in [0.2, 0.25) is 0 Å². The van der Waals surface area contributed by atoms with Crippen LogP contribution in [0.5, 0.6) is 0 Å². The van der Waals surface area contributed by atoms with E-state index in [0.717, 1.165) is 0 Å². The number of carbonyl (C=O) groups excluding carboxylic acids is 3. The van der Waals surface area contributed by atoms with Gasteiger partial charge in [-0.2, -0.15) is 0 Å². The summed E-state index contributed by atoms with van der Waals surface area (Å²) in [5.74, 6) is -1.25. The summed E-state index contributed by atoms with van der Waals surface area (Å²) in [6.45, 7) is 1.18. The summed E-state index contributed by atoms with van der Waals surface area (Å²) >= 11 is 0. The number of nitrogens with zero attached hydrogens (tertiary/aromatic N) is 1. The van der Waals surface area contributed by atoms with Gasteiger partial charge in [-0.3, -0.25) is 14.4 Å². The van der Waals surface area contributed by atoms with Crippen molar-refractivity contribution in [3.8, 4) is 0 Å². The molecular weight excluding hydrogens is 385 g/mol. The molecule has 2 aromatic rings. The van der Waals surface area contributed by atoms with Crippen molar-refractivity contribution < 1.29 is 18.8 Å². The molecule has 6 nitrogen and oxygen atoms in total. The molecule has 1 fully saturated rings. The van der Waals surface area contributed by atoms with Crippen LogP contribution < -0.4 is 10.6 Å². The second-order valence-corrected chi connectivity index (χ2v) is 7.39. The number of rotatable bonds is 3. The molecule has 0 spiro atoms. The molecule has 30 heavy (non-hydrogen) atoms. The Kier molecular flexibility index (Phi) is 7.54. The van der Waals surface area contributed by atoms with E-state index in [0.29, 0.717) is 50.1 Å². The molecule has 1 heterocycles. The van der Waals surface area contributed by atoms with Crippen molar-refractivity contribution in [2.75, 3.05) is 25.0 Å². The fourth-order valence-corrected chi connectivity index (χ4v) is 3.53. The summed E-state index contributed by atoms with van der Waals surface area (Å²) in [7, 11) is 0. The molecule has 1 atom stereocenters. The predicted molar refractivity (Wildman–Crippen MR) is 112 cm³/mol. The first-order valence-corrected chi connectivity index (χ1v) is 10.2. The Morgan fingerprint density at radius 2 is 1.83 bits per heavy atom. The standard InChI is InChI=1S/C23H26FN3O3/c24-19-9-4-10-20(16-19)26-22(29)17-8-5-14-27(15-12-21(28)25-13-11-17)23(30)18-6-2-1-3-7-18/h1-4,6-7,9-10,16-17H,5,8,11-15H2,(H,25,28)(H,26,29). The Labute approximate surface area is 175 Å². The van der Waals surface area contributed by atoms with Crippen molar-refractivity contribution in [3.63, 3.8) is 0 Å². The summed E-state index contributed by atoms with van der Waals surface area (Å²) in [5, 5.41) is 5.57. The number of carbonyl (C=O) groups is 3. The molecule has 0 aliphatic carbocycles. The van der Waals surface area contributed by atoms with Crippen LogP contribution in [0.4, 0.5) is 10.1 Å². The third-order valence-corrected chi connectivity index (χ3v) is 5.18. The first-order valence-electron chi connectivity index (χ1n) is 10.2. The van der Waals surface area contributed by atoms with Crippen LogP contribution in [-0.2, 0) is 9.59 Å². The van der Waals surface area contributed by atoms with Gasteiger partial charge in [-0.15, -0.1) is 0 Å². The molecule has 0 radical (unpaired) electrons. The van der Waals surface area contributed by atoms with Gasteiger partial charge in [0.15, 0.2) is 0 Å². The lowest BCUT2D eigenvalue weighted by Crippen LogP contribution is -2.35. The van der Waals surface area contributed by atoms with E-state index in [1.807, 2.05) is 6.07 Å². The number of benzene rings is 2. The number of nitrogens with one attached hydrogen (secondary N) is 2. The van der Waals surface area contributed by atoms with Gasteiger partial charge in [-0.25, -0.2) is 4.39 Å². The van der Waals surface area contributed by atoms with Crippen molar-refractivity contribution in [1.82, 2.24) is 10.2 Å². The Balaban J connectivity index is 1.66. The third-order valence-electron chi connectivity index (χ3n) is 5.18. The lowest BCUT2D eigenvalue weighted by atomic mass is 9.97. The molecule has 3 rings (SSSR count). The lowest BCUT2D eigenvalue weighted by Gasteiger charge is -2.23. The van der Waals surface area contributed by atoms with E-state index in [2.05, 4.69) is 10.6 Å². The SMILES string of the molecule is O=C1CCN(C(=O)c2ccccc2)CCCC(C(=O)Nc2cccc(F)c2)CCN1. The lowest BCUT2D eigenvalue weighted by molar-refractivity contribution is -0.122. The number of hydrogen-bond acceptors (Lipinski definition) is 3. The van der Waals surface area contributed by atoms with Crippen LogP contribution in [0.15, 0.2) is 54.6 Å². The molecule has 3 amide bonds. The summed E-state index contributed by atoms with van der Waals surface area (Å²) < 4.78 is 13.4. The second-order valence-electron chi connectivity index (χ2n) is 7.39. The summed E-state index contributed by atoms with van der Waals surface area (Å²) in [6, 6.07) is 14.7. The van der Waals surface area contributed by atoms with E-state index in [4.69, 9.17) is 0 Å². The quantitative estimate of drug-likeness (QED) is 0.814. The van der Waals surface area contributed by atoms with E-state index in [1.165, 1.54) is 18.2 Å². The van der Waals surface area contributed by atoms with E-state index in [1.54, 1.807) is 35.2 Å². The van der Waals surface area contributed by atoms with Gasteiger partial charge in [0.2, 0.25) is 11.8 Å². The molecule has 158 valence electrons. The maximum atomic E-state index is 13.4. The number of hydrogen-bond donors (Lipinski definition) is 2. The Morgan fingerprint density at radius 3 is 2.60 bits per heavy atom. The molecule has 1 unspecified atom stereocenters. The second kappa shape index (κ2) is 10.5. The Bertz CT molecular complexity index is 888. The number of halogens is 1. The molecule has 0 bridgehead atoms. The molecule has 0 saturated carbocycles. The minimum absolute atomic E-state index is 0.122. The van der Waals surface area contributed by atoms with Gasteiger partial charge in [0, 0.05) is 43.2 Å². The highest BCUT2D eigenvalue weighted by molar-refractivity contribution is 5.94. The smallest absolute Gasteiger partial charge is 0.253 e. The normalized spacial score (nSPS) is 18.1. The summed E-state index contributed by atoms with van der Waals surface area (Å²) in [5.41, 5.74) is 0.979. The summed E-state index contributed by atoms with van der Waals surface area (Å²) in [6.07, 6.45) is 1.90. The van der Waals surface area contributed by atoms with Crippen molar-refractivity contribution in [2.45, 2.75) is 25.7 Å². The maximum Gasteiger partial charge on any atom is 0.253 e. The first-order chi connectivity index (χ1) is 14.5. The van der Waals surface area contributed by atoms with Gasteiger partial charge in [0.25, 0.3) is 5.91 Å². The van der Waals surface area contributed by atoms with Crippen LogP contribution in [0.1, 0.15) is 36.0 Å². The Hall–Kier alpha value is -3.22. The summed E-state index contributed by atoms with van der Waals surface area (Å²) in [4.78, 5) is 39.3. The maximum absolute atomic E-state index is 13.4. The van der Waals surface area contributed by atoms with E-state index in [-0.39, 0.29) is 30.1 Å². The van der Waals surface area contributed by atoms with Crippen molar-refractivity contribution in [2.24, 2.45) is 5.92 Å². The van der Waals surface area contributed by atoms with Crippen molar-refractivity contribution >= 4 is 23.4 Å². The highest BCUT2D eigenvalue weighted by atomic mass is 19.1. The van der Waals surface area contributed by atoms with Gasteiger partial charge in [0.1, 0.15) is 5.82 Å². The van der Waals surface area contributed by atoms with E-state index >= 15 is 0 Å². The first kappa shape index (κ1) is 21.5. The predicted octanol–water partition coefficient (Wildman–Crippen LogP) is 3.21. The topological polar surface area (TPSA) is 78.5 Å². The highest BCUT2D eigenvalue weighted by Crippen LogP contribution is 2.18. The van der Waals surface area contributed by atoms with Gasteiger partial charge < -0.3 is 15.5 Å². The zero-order valence-corrected chi connectivity index (χ0v) is 16.8. The zero-order valence-electron chi connectivity index (χ0n) is 16.8. The van der Waals surface area contributed by atoms with Crippen LogP contribution >= 0.6 is 0 Å². The molecular formula is C23H26FN3O3. The van der Waals surface area contributed by atoms with Crippen LogP contribution in [0, 0.1) is 11.7 Å². The van der Waals surface area contributed by atoms with Crippen molar-refractivity contribution in [1.29, 1.82) is 0 Å². The number of anilines is 1. The number of amides is 3. The van der Waals surface area contributed by atoms with Gasteiger partial charge >= 0.3 is 0 Å². The largest absolute Gasteiger partial charge is 0.356 e. The molecule has 1 saturated heterocycles. The fraction of sp³-hybridized carbons (Fsp3) is 0.348. The molecule has 0 aromatic heterocycles. The molecule has 2 N–H and O–H groups in total. The zero-order chi connectivity index (χ0) is 21.3. The van der Waals surface area contributed by atoms with Gasteiger partial charge in [-0.05, 0) is 49.6 Å². The fourth-order valence-electron chi connectivity index (χ4n) is 3.53. The van der Waals surface area contributed by atoms with Crippen LogP contribution in [0.3, 0.4) is 0 Å². The third kappa shape index (κ3) is 6.14. The molecule has 1 aliphatic rings. The monoisotopic (exact) mass is 411 g/mol. The van der Waals surface area contributed by atoms with E-state index in [9.17, 15) is 18.8 Å². The van der Waals surface area contributed by atoms with Crippen LogP contribution in [0.25, 0.3) is 0 Å². The van der Waals surface area contributed by atoms with Crippen LogP contribution in [-0.4, -0.2) is 42.3 Å². The van der Waals surface area contributed by atoms with Crippen molar-refractivity contribution in [3.05, 3.63) is 66.0 Å². The average molecular weight is 411 g/mol. The highest BCUT2D eigenvalue weighted by Gasteiger charge is 2.22. The Morgan fingerprint density at radius 1 is 1.03 bits per heavy atom. The molecule has 7 heteroatoms. The molecule has 1 aliphatic heterocycles. The van der Waals surface area contributed by atoms with E-state index < -0.39 is 5.82 Å². The molecule has 2 aromatic carbocycles. The van der Waals surface area contributed by atoms with Gasteiger partial charge in [0.05, 0.1) is 0 Å². The minimum atomic E-state index is -0.419. The average Bonchev–Trinajstić information content (AvgIpc) is 2.78.